The first-order valence-corrected chi connectivity index (χ1v) is 7.65. The first-order valence-electron chi connectivity index (χ1n) is 6.86. The molecule has 23 heavy (non-hydrogen) atoms. The minimum atomic E-state index is -0.532. The van der Waals surface area contributed by atoms with Crippen LogP contribution in [-0.2, 0) is 4.79 Å². The van der Waals surface area contributed by atoms with Gasteiger partial charge >= 0.3 is 0 Å². The third-order valence-electron chi connectivity index (χ3n) is 3.08. The molecule has 0 saturated carbocycles. The zero-order valence-corrected chi connectivity index (χ0v) is 14.2. The fourth-order valence-electron chi connectivity index (χ4n) is 1.95. The third kappa shape index (κ3) is 4.63. The van der Waals surface area contributed by atoms with E-state index in [1.54, 1.807) is 6.07 Å². The number of carbonyl (C=O) groups is 2. The second-order valence-electron chi connectivity index (χ2n) is 5.02. The number of anilines is 1. The first kappa shape index (κ1) is 17.1. The predicted molar refractivity (Wildman–Crippen MR) is 89.4 cm³/mol. The largest absolute Gasteiger partial charge is 0.483 e. The maximum Gasteiger partial charge on any atom is 0.262 e. The molecule has 0 aliphatic rings. The highest BCUT2D eigenvalue weighted by atomic mass is 79.9. The van der Waals surface area contributed by atoms with Crippen LogP contribution in [0.25, 0.3) is 0 Å². The summed E-state index contributed by atoms with van der Waals surface area (Å²) in [7, 11) is 0. The Morgan fingerprint density at radius 3 is 2.61 bits per heavy atom. The van der Waals surface area contributed by atoms with Crippen molar-refractivity contribution in [3.63, 3.8) is 0 Å². The van der Waals surface area contributed by atoms with Gasteiger partial charge in [-0.2, -0.15) is 0 Å². The van der Waals surface area contributed by atoms with Crippen molar-refractivity contribution in [2.24, 2.45) is 0 Å². The summed E-state index contributed by atoms with van der Waals surface area (Å²) in [5.74, 6) is -1.07. The summed E-state index contributed by atoms with van der Waals surface area (Å²) in [6, 6.07) is 9.12. The number of aryl methyl sites for hydroxylation is 1. The first-order chi connectivity index (χ1) is 10.9. The van der Waals surface area contributed by atoms with Gasteiger partial charge in [0.05, 0.1) is 11.3 Å². The smallest absolute Gasteiger partial charge is 0.262 e. The molecule has 0 aliphatic carbocycles. The molecule has 0 aliphatic heterocycles. The number of halogens is 2. The van der Waals surface area contributed by atoms with Crippen LogP contribution in [0.15, 0.2) is 40.9 Å². The zero-order chi connectivity index (χ0) is 17.0. The van der Waals surface area contributed by atoms with E-state index in [4.69, 9.17) is 4.74 Å². The average molecular weight is 380 g/mol. The molecule has 6 heteroatoms. The molecule has 1 amide bonds. The Kier molecular flexibility index (Phi) is 5.50. The van der Waals surface area contributed by atoms with E-state index in [2.05, 4.69) is 21.2 Å². The zero-order valence-electron chi connectivity index (χ0n) is 12.7. The summed E-state index contributed by atoms with van der Waals surface area (Å²) in [6.07, 6.45) is 0. The van der Waals surface area contributed by atoms with Crippen LogP contribution >= 0.6 is 15.9 Å². The van der Waals surface area contributed by atoms with Gasteiger partial charge in [-0.15, -0.1) is 0 Å². The minimum absolute atomic E-state index is 0.106. The summed E-state index contributed by atoms with van der Waals surface area (Å²) >= 11 is 3.37. The molecule has 0 bridgehead atoms. The van der Waals surface area contributed by atoms with Crippen molar-refractivity contribution in [2.75, 3.05) is 11.9 Å². The van der Waals surface area contributed by atoms with Crippen molar-refractivity contribution in [1.82, 2.24) is 0 Å². The molecule has 2 rings (SSSR count). The fourth-order valence-corrected chi connectivity index (χ4v) is 2.55. The van der Waals surface area contributed by atoms with Gasteiger partial charge < -0.3 is 10.1 Å². The van der Waals surface area contributed by atoms with Crippen LogP contribution in [0.1, 0.15) is 22.8 Å². The predicted octanol–water partition coefficient (Wildman–Crippen LogP) is 4.12. The second-order valence-corrected chi connectivity index (χ2v) is 5.87. The number of carbonyl (C=O) groups excluding carboxylic acids is 2. The number of hydrogen-bond acceptors (Lipinski definition) is 3. The molecular weight excluding hydrogens is 365 g/mol. The molecule has 4 nitrogen and oxygen atoms in total. The van der Waals surface area contributed by atoms with Gasteiger partial charge in [-0.25, -0.2) is 4.39 Å². The average Bonchev–Trinajstić information content (AvgIpc) is 2.48. The number of ether oxygens (including phenoxy) is 1. The number of ketones is 1. The van der Waals surface area contributed by atoms with Crippen LogP contribution in [0.3, 0.4) is 0 Å². The maximum atomic E-state index is 13.2. The standard InChI is InChI=1S/C17H15BrFNO3/c1-10-3-5-15(14(18)7-10)20-17(22)9-23-16-6-4-12(19)8-13(16)11(2)21/h3-8H,9H2,1-2H3,(H,20,22). The molecule has 0 unspecified atom stereocenters. The molecule has 0 fully saturated rings. The molecule has 1 N–H and O–H groups in total. The van der Waals surface area contributed by atoms with Crippen LogP contribution < -0.4 is 10.1 Å². The number of benzene rings is 2. The van der Waals surface area contributed by atoms with Crippen molar-refractivity contribution in [2.45, 2.75) is 13.8 Å². The van der Waals surface area contributed by atoms with E-state index in [1.165, 1.54) is 19.1 Å². The lowest BCUT2D eigenvalue weighted by molar-refractivity contribution is -0.118. The maximum absolute atomic E-state index is 13.2. The van der Waals surface area contributed by atoms with Crippen molar-refractivity contribution >= 4 is 33.3 Å². The molecule has 2 aromatic carbocycles. The SMILES string of the molecule is CC(=O)c1cc(F)ccc1OCC(=O)Nc1ccc(C)cc1Br. The lowest BCUT2D eigenvalue weighted by atomic mass is 10.1. The Labute approximate surface area is 141 Å². The molecule has 0 atom stereocenters. The summed E-state index contributed by atoms with van der Waals surface area (Å²) in [5.41, 5.74) is 1.79. The summed E-state index contributed by atoms with van der Waals surface area (Å²) < 4.78 is 19.3. The lowest BCUT2D eigenvalue weighted by Gasteiger charge is -2.11. The van der Waals surface area contributed by atoms with Crippen molar-refractivity contribution in [3.05, 3.63) is 57.8 Å². The van der Waals surface area contributed by atoms with Crippen molar-refractivity contribution < 1.29 is 18.7 Å². The summed E-state index contributed by atoms with van der Waals surface area (Å²) in [4.78, 5) is 23.4. The Balaban J connectivity index is 2.03. The van der Waals surface area contributed by atoms with E-state index in [0.717, 1.165) is 16.1 Å². The van der Waals surface area contributed by atoms with Gasteiger partial charge in [0, 0.05) is 4.47 Å². The van der Waals surface area contributed by atoms with Gasteiger partial charge in [0.2, 0.25) is 0 Å². The Bertz CT molecular complexity index is 761. The number of amides is 1. The lowest BCUT2D eigenvalue weighted by Crippen LogP contribution is -2.21. The van der Waals surface area contributed by atoms with Crippen molar-refractivity contribution in [3.8, 4) is 5.75 Å². The van der Waals surface area contributed by atoms with Gasteiger partial charge in [-0.3, -0.25) is 9.59 Å². The van der Waals surface area contributed by atoms with E-state index < -0.39 is 5.82 Å². The van der Waals surface area contributed by atoms with E-state index in [9.17, 15) is 14.0 Å². The highest BCUT2D eigenvalue weighted by Crippen LogP contribution is 2.24. The Morgan fingerprint density at radius 1 is 1.22 bits per heavy atom. The molecule has 0 heterocycles. The van der Waals surface area contributed by atoms with Gasteiger partial charge in [0.15, 0.2) is 12.4 Å². The fraction of sp³-hybridized carbons (Fsp3) is 0.176. The minimum Gasteiger partial charge on any atom is -0.483 e. The van der Waals surface area contributed by atoms with Crippen LogP contribution in [0, 0.1) is 12.7 Å². The number of hydrogen-bond donors (Lipinski definition) is 1. The molecular formula is C17H15BrFNO3. The second kappa shape index (κ2) is 7.37. The van der Waals surface area contributed by atoms with E-state index in [1.807, 2.05) is 19.1 Å². The molecule has 2 aromatic rings. The van der Waals surface area contributed by atoms with Crippen molar-refractivity contribution in [1.29, 1.82) is 0 Å². The highest BCUT2D eigenvalue weighted by Gasteiger charge is 2.12. The molecule has 0 spiro atoms. The number of Topliss-reactive ketones (excluding diaryl/α,β-unsaturated/α-hetero) is 1. The van der Waals surface area contributed by atoms with Crippen LogP contribution in [0.5, 0.6) is 5.75 Å². The van der Waals surface area contributed by atoms with Gasteiger partial charge in [0.25, 0.3) is 5.91 Å². The van der Waals surface area contributed by atoms with Crippen LogP contribution in [0.2, 0.25) is 0 Å². The number of nitrogens with one attached hydrogen (secondary N) is 1. The number of rotatable bonds is 5. The molecule has 0 saturated heterocycles. The highest BCUT2D eigenvalue weighted by molar-refractivity contribution is 9.10. The molecule has 0 radical (unpaired) electrons. The molecule has 120 valence electrons. The topological polar surface area (TPSA) is 55.4 Å². The quantitative estimate of drug-likeness (QED) is 0.795. The summed E-state index contributed by atoms with van der Waals surface area (Å²) in [6.45, 7) is 2.97. The van der Waals surface area contributed by atoms with Crippen LogP contribution in [-0.4, -0.2) is 18.3 Å². The van der Waals surface area contributed by atoms with Gasteiger partial charge in [-0.1, -0.05) is 6.07 Å². The van der Waals surface area contributed by atoms with E-state index in [0.29, 0.717) is 5.69 Å². The monoisotopic (exact) mass is 379 g/mol. The third-order valence-corrected chi connectivity index (χ3v) is 3.73. The van der Waals surface area contributed by atoms with Gasteiger partial charge in [-0.05, 0) is 65.7 Å². The van der Waals surface area contributed by atoms with E-state index in [-0.39, 0.29) is 29.6 Å². The Hall–Kier alpha value is -2.21. The summed E-state index contributed by atoms with van der Waals surface area (Å²) in [5, 5.41) is 2.70. The van der Waals surface area contributed by atoms with Gasteiger partial charge in [0.1, 0.15) is 11.6 Å². The normalized spacial score (nSPS) is 10.3. The van der Waals surface area contributed by atoms with Crippen LogP contribution in [0.4, 0.5) is 10.1 Å². The molecule has 0 aromatic heterocycles. The van der Waals surface area contributed by atoms with E-state index >= 15 is 0 Å². The Morgan fingerprint density at radius 2 is 1.96 bits per heavy atom.